The van der Waals surface area contributed by atoms with Crippen molar-refractivity contribution >= 4 is 5.82 Å². The van der Waals surface area contributed by atoms with Gasteiger partial charge in [-0.15, -0.1) is 0 Å². The Bertz CT molecular complexity index is 430. The third kappa shape index (κ3) is 3.54. The quantitative estimate of drug-likeness (QED) is 0.868. The van der Waals surface area contributed by atoms with Gasteiger partial charge in [0, 0.05) is 38.8 Å². The Hall–Kier alpha value is -1.03. The molecule has 2 rings (SSSR count). The molecular formula is C16H30N4. The van der Waals surface area contributed by atoms with Crippen LogP contribution in [0.15, 0.2) is 0 Å². The Labute approximate surface area is 123 Å². The smallest absolute Gasteiger partial charge is 0.131 e. The number of aryl methyl sites for hydroxylation is 2. The standard InChI is InChI=1S/C16H30N4/c1-12(2)17-10-15-13(3)18-20(5)16(15)19(4)11-14-8-6-7-9-14/h12,14,17H,6-11H2,1-5H3. The van der Waals surface area contributed by atoms with Crippen LogP contribution in [-0.2, 0) is 13.6 Å². The Morgan fingerprint density at radius 3 is 2.60 bits per heavy atom. The summed E-state index contributed by atoms with van der Waals surface area (Å²) in [7, 11) is 4.28. The molecule has 0 radical (unpaired) electrons. The summed E-state index contributed by atoms with van der Waals surface area (Å²) in [6.45, 7) is 8.56. The van der Waals surface area contributed by atoms with E-state index in [4.69, 9.17) is 0 Å². The van der Waals surface area contributed by atoms with Crippen molar-refractivity contribution in [2.45, 2.75) is 59.0 Å². The van der Waals surface area contributed by atoms with Crippen LogP contribution in [0.3, 0.4) is 0 Å². The molecule has 0 saturated heterocycles. The minimum atomic E-state index is 0.502. The molecule has 1 aromatic heterocycles. The van der Waals surface area contributed by atoms with Crippen molar-refractivity contribution < 1.29 is 0 Å². The zero-order valence-electron chi connectivity index (χ0n) is 13.7. The average molecular weight is 278 g/mol. The Balaban J connectivity index is 2.11. The maximum Gasteiger partial charge on any atom is 0.131 e. The van der Waals surface area contributed by atoms with Crippen LogP contribution in [0.5, 0.6) is 0 Å². The fraction of sp³-hybridized carbons (Fsp3) is 0.812. The van der Waals surface area contributed by atoms with Gasteiger partial charge in [0.15, 0.2) is 0 Å². The molecule has 0 atom stereocenters. The Morgan fingerprint density at radius 2 is 2.00 bits per heavy atom. The SMILES string of the molecule is Cc1nn(C)c(N(C)CC2CCCC2)c1CNC(C)C. The van der Waals surface area contributed by atoms with E-state index in [0.717, 1.165) is 24.7 Å². The largest absolute Gasteiger partial charge is 0.359 e. The molecule has 1 N–H and O–H groups in total. The maximum absolute atomic E-state index is 4.62. The first-order chi connectivity index (χ1) is 9.49. The van der Waals surface area contributed by atoms with Gasteiger partial charge < -0.3 is 10.2 Å². The van der Waals surface area contributed by atoms with Crippen LogP contribution in [0.2, 0.25) is 0 Å². The molecular weight excluding hydrogens is 248 g/mol. The van der Waals surface area contributed by atoms with E-state index in [2.05, 4.69) is 50.2 Å². The van der Waals surface area contributed by atoms with Gasteiger partial charge in [-0.1, -0.05) is 26.7 Å². The lowest BCUT2D eigenvalue weighted by Gasteiger charge is -2.24. The molecule has 1 aromatic rings. The molecule has 4 heteroatoms. The predicted octanol–water partition coefficient (Wildman–Crippen LogP) is 2.85. The van der Waals surface area contributed by atoms with E-state index in [1.807, 2.05) is 4.68 Å². The molecule has 0 aliphatic heterocycles. The number of anilines is 1. The molecule has 0 spiro atoms. The van der Waals surface area contributed by atoms with E-state index in [1.54, 1.807) is 0 Å². The normalized spacial score (nSPS) is 16.3. The topological polar surface area (TPSA) is 33.1 Å². The first-order valence-electron chi connectivity index (χ1n) is 7.96. The first-order valence-corrected chi connectivity index (χ1v) is 7.96. The highest BCUT2D eigenvalue weighted by Crippen LogP contribution is 2.29. The van der Waals surface area contributed by atoms with Crippen molar-refractivity contribution in [3.05, 3.63) is 11.3 Å². The molecule has 0 unspecified atom stereocenters. The van der Waals surface area contributed by atoms with Crippen molar-refractivity contribution in [3.63, 3.8) is 0 Å². The highest BCUT2D eigenvalue weighted by molar-refractivity contribution is 5.49. The lowest BCUT2D eigenvalue weighted by atomic mass is 10.1. The number of rotatable bonds is 6. The summed E-state index contributed by atoms with van der Waals surface area (Å²) >= 11 is 0. The number of aromatic nitrogens is 2. The average Bonchev–Trinajstić information content (AvgIpc) is 2.94. The molecule has 4 nitrogen and oxygen atoms in total. The summed E-state index contributed by atoms with van der Waals surface area (Å²) in [5.41, 5.74) is 2.50. The maximum atomic E-state index is 4.62. The van der Waals surface area contributed by atoms with Crippen LogP contribution in [-0.4, -0.2) is 29.4 Å². The molecule has 1 heterocycles. The molecule has 20 heavy (non-hydrogen) atoms. The zero-order chi connectivity index (χ0) is 14.7. The Morgan fingerprint density at radius 1 is 1.35 bits per heavy atom. The molecule has 1 aliphatic carbocycles. The van der Waals surface area contributed by atoms with Gasteiger partial charge in [0.1, 0.15) is 5.82 Å². The van der Waals surface area contributed by atoms with Crippen molar-refractivity contribution in [2.24, 2.45) is 13.0 Å². The molecule has 1 fully saturated rings. The van der Waals surface area contributed by atoms with Gasteiger partial charge in [0.2, 0.25) is 0 Å². The summed E-state index contributed by atoms with van der Waals surface area (Å²) in [5.74, 6) is 2.14. The van der Waals surface area contributed by atoms with E-state index in [0.29, 0.717) is 6.04 Å². The third-order valence-corrected chi connectivity index (χ3v) is 4.37. The minimum Gasteiger partial charge on any atom is -0.359 e. The minimum absolute atomic E-state index is 0.502. The van der Waals surface area contributed by atoms with Gasteiger partial charge >= 0.3 is 0 Å². The predicted molar refractivity (Wildman–Crippen MR) is 85.1 cm³/mol. The molecule has 0 amide bonds. The first kappa shape index (κ1) is 15.4. The van der Waals surface area contributed by atoms with Gasteiger partial charge in [-0.05, 0) is 25.7 Å². The summed E-state index contributed by atoms with van der Waals surface area (Å²) in [6, 6.07) is 0.502. The van der Waals surface area contributed by atoms with Gasteiger partial charge in [-0.25, -0.2) is 0 Å². The number of hydrogen-bond acceptors (Lipinski definition) is 3. The summed E-state index contributed by atoms with van der Waals surface area (Å²) < 4.78 is 2.04. The van der Waals surface area contributed by atoms with E-state index in [1.165, 1.54) is 37.1 Å². The summed E-state index contributed by atoms with van der Waals surface area (Å²) in [4.78, 5) is 2.41. The second-order valence-corrected chi connectivity index (χ2v) is 6.58. The Kier molecular flexibility index (Phi) is 5.08. The molecule has 0 aromatic carbocycles. The summed E-state index contributed by atoms with van der Waals surface area (Å²) in [5, 5.41) is 8.14. The van der Waals surface area contributed by atoms with Crippen LogP contribution >= 0.6 is 0 Å². The number of nitrogens with zero attached hydrogens (tertiary/aromatic N) is 3. The summed E-state index contributed by atoms with van der Waals surface area (Å²) in [6.07, 6.45) is 5.59. The van der Waals surface area contributed by atoms with Gasteiger partial charge in [-0.3, -0.25) is 4.68 Å². The van der Waals surface area contributed by atoms with Gasteiger partial charge in [0.25, 0.3) is 0 Å². The van der Waals surface area contributed by atoms with Crippen molar-refractivity contribution in [1.29, 1.82) is 0 Å². The third-order valence-electron chi connectivity index (χ3n) is 4.37. The van der Waals surface area contributed by atoms with Crippen LogP contribution in [0, 0.1) is 12.8 Å². The van der Waals surface area contributed by atoms with Gasteiger partial charge in [0.05, 0.1) is 5.69 Å². The van der Waals surface area contributed by atoms with Crippen LogP contribution in [0.1, 0.15) is 50.8 Å². The monoisotopic (exact) mass is 278 g/mol. The molecule has 114 valence electrons. The van der Waals surface area contributed by atoms with E-state index < -0.39 is 0 Å². The van der Waals surface area contributed by atoms with Crippen molar-refractivity contribution in [1.82, 2.24) is 15.1 Å². The number of hydrogen-bond donors (Lipinski definition) is 1. The van der Waals surface area contributed by atoms with Crippen molar-refractivity contribution in [3.8, 4) is 0 Å². The van der Waals surface area contributed by atoms with Crippen LogP contribution in [0.4, 0.5) is 5.82 Å². The lowest BCUT2D eigenvalue weighted by molar-refractivity contribution is 0.536. The van der Waals surface area contributed by atoms with Crippen LogP contribution < -0.4 is 10.2 Å². The van der Waals surface area contributed by atoms with Crippen molar-refractivity contribution in [2.75, 3.05) is 18.5 Å². The molecule has 1 saturated carbocycles. The molecule has 1 aliphatic rings. The second kappa shape index (κ2) is 6.61. The van der Waals surface area contributed by atoms with E-state index >= 15 is 0 Å². The number of nitrogens with one attached hydrogen (secondary N) is 1. The highest BCUT2D eigenvalue weighted by Gasteiger charge is 2.21. The fourth-order valence-electron chi connectivity index (χ4n) is 3.35. The molecule has 0 bridgehead atoms. The zero-order valence-corrected chi connectivity index (χ0v) is 13.7. The lowest BCUT2D eigenvalue weighted by Crippen LogP contribution is -2.28. The second-order valence-electron chi connectivity index (χ2n) is 6.58. The van der Waals surface area contributed by atoms with E-state index in [9.17, 15) is 0 Å². The van der Waals surface area contributed by atoms with Gasteiger partial charge in [-0.2, -0.15) is 5.10 Å². The van der Waals surface area contributed by atoms with E-state index in [-0.39, 0.29) is 0 Å². The fourth-order valence-corrected chi connectivity index (χ4v) is 3.35. The highest BCUT2D eigenvalue weighted by atomic mass is 15.4. The van der Waals surface area contributed by atoms with Crippen LogP contribution in [0.25, 0.3) is 0 Å².